The van der Waals surface area contributed by atoms with Crippen LogP contribution in [0.2, 0.25) is 0 Å². The van der Waals surface area contributed by atoms with Crippen molar-refractivity contribution in [2.75, 3.05) is 0 Å². The molecule has 3 heteroatoms. The van der Waals surface area contributed by atoms with Gasteiger partial charge in [-0.05, 0) is 75.4 Å². The normalized spacial score (nSPS) is 44.6. The van der Waals surface area contributed by atoms with E-state index in [1.807, 2.05) is 12.5 Å². The first-order valence-electron chi connectivity index (χ1n) is 8.65. The molecular weight excluding hydrogens is 264 g/mol. The Bertz CT molecular complexity index is 379. The van der Waals surface area contributed by atoms with Crippen LogP contribution >= 0.6 is 0 Å². The van der Waals surface area contributed by atoms with Crippen LogP contribution < -0.4 is 0 Å². The number of allylic oxidation sites excluding steroid dienone is 2. The highest BCUT2D eigenvalue weighted by Crippen LogP contribution is 2.41. The van der Waals surface area contributed by atoms with Gasteiger partial charge in [-0.25, -0.2) is 0 Å². The molecule has 6 atom stereocenters. The molecule has 4 aliphatic rings. The summed E-state index contributed by atoms with van der Waals surface area (Å²) in [5, 5.41) is 0. The second-order valence-corrected chi connectivity index (χ2v) is 7.14. The van der Waals surface area contributed by atoms with Gasteiger partial charge in [0.15, 0.2) is 0 Å². The van der Waals surface area contributed by atoms with E-state index < -0.39 is 0 Å². The van der Waals surface area contributed by atoms with Crippen LogP contribution in [-0.2, 0) is 14.2 Å². The Morgan fingerprint density at radius 3 is 1.71 bits per heavy atom. The monoisotopic (exact) mass is 290 g/mol. The van der Waals surface area contributed by atoms with Crippen LogP contribution in [0.3, 0.4) is 0 Å². The molecule has 0 spiro atoms. The van der Waals surface area contributed by atoms with Crippen LogP contribution in [0, 0.1) is 11.8 Å². The van der Waals surface area contributed by atoms with Crippen molar-refractivity contribution in [1.82, 2.24) is 0 Å². The van der Waals surface area contributed by atoms with Crippen LogP contribution in [0.5, 0.6) is 0 Å². The highest BCUT2D eigenvalue weighted by molar-refractivity contribution is 4.95. The number of hydrogen-bond acceptors (Lipinski definition) is 3. The van der Waals surface area contributed by atoms with Crippen molar-refractivity contribution in [2.45, 2.75) is 75.8 Å². The smallest absolute Gasteiger partial charge is 0.0861 e. The van der Waals surface area contributed by atoms with E-state index in [1.165, 1.54) is 38.5 Å². The second-order valence-electron chi connectivity index (χ2n) is 7.14. The van der Waals surface area contributed by atoms with Gasteiger partial charge < -0.3 is 14.2 Å². The fourth-order valence-electron chi connectivity index (χ4n) is 4.05. The predicted molar refractivity (Wildman–Crippen MR) is 80.6 cm³/mol. The number of ether oxygens (including phenoxy) is 3. The summed E-state index contributed by atoms with van der Waals surface area (Å²) in [6, 6.07) is 0. The van der Waals surface area contributed by atoms with Gasteiger partial charge in [-0.2, -0.15) is 0 Å². The standard InChI is InChI=1S/C18H26O3/c1(3-13-5-7-15-17(11-13)20-15)9-19-10-2-4-14-6-8-16-18(12-14)21-16/h1-2,9-10,13-18H,3-8,11-12H2. The van der Waals surface area contributed by atoms with Crippen molar-refractivity contribution >= 4 is 0 Å². The summed E-state index contributed by atoms with van der Waals surface area (Å²) < 4.78 is 16.6. The molecule has 0 aromatic rings. The quantitative estimate of drug-likeness (QED) is 0.549. The van der Waals surface area contributed by atoms with Gasteiger partial charge in [-0.15, -0.1) is 0 Å². The highest BCUT2D eigenvalue weighted by Gasteiger charge is 2.44. The van der Waals surface area contributed by atoms with E-state index in [1.54, 1.807) is 0 Å². The third-order valence-corrected chi connectivity index (χ3v) is 5.51. The van der Waals surface area contributed by atoms with Gasteiger partial charge in [0.2, 0.25) is 0 Å². The third kappa shape index (κ3) is 3.70. The molecule has 21 heavy (non-hydrogen) atoms. The highest BCUT2D eigenvalue weighted by atomic mass is 16.6. The van der Waals surface area contributed by atoms with Gasteiger partial charge in [0.05, 0.1) is 36.9 Å². The lowest BCUT2D eigenvalue weighted by Crippen LogP contribution is -2.12. The van der Waals surface area contributed by atoms with Crippen LogP contribution in [-0.4, -0.2) is 24.4 Å². The van der Waals surface area contributed by atoms with Gasteiger partial charge >= 0.3 is 0 Å². The van der Waals surface area contributed by atoms with E-state index in [9.17, 15) is 0 Å². The minimum absolute atomic E-state index is 0.587. The number of rotatable bonds is 6. The maximum atomic E-state index is 5.56. The maximum Gasteiger partial charge on any atom is 0.0861 e. The summed E-state index contributed by atoms with van der Waals surface area (Å²) >= 11 is 0. The zero-order chi connectivity index (χ0) is 14.1. The van der Waals surface area contributed by atoms with Gasteiger partial charge in [-0.1, -0.05) is 0 Å². The van der Waals surface area contributed by atoms with Gasteiger partial charge in [0.25, 0.3) is 0 Å². The summed E-state index contributed by atoms with van der Waals surface area (Å²) in [6.45, 7) is 0. The third-order valence-electron chi connectivity index (χ3n) is 5.51. The molecule has 2 saturated heterocycles. The van der Waals surface area contributed by atoms with Crippen molar-refractivity contribution in [3.8, 4) is 0 Å². The molecule has 0 aromatic carbocycles. The van der Waals surface area contributed by atoms with E-state index in [0.717, 1.165) is 24.7 Å². The van der Waals surface area contributed by atoms with Crippen molar-refractivity contribution in [3.05, 3.63) is 24.7 Å². The van der Waals surface area contributed by atoms with Gasteiger partial charge in [-0.3, -0.25) is 0 Å². The fraction of sp³-hybridized carbons (Fsp3) is 0.778. The first-order valence-corrected chi connectivity index (χ1v) is 8.65. The van der Waals surface area contributed by atoms with Crippen LogP contribution in [0.15, 0.2) is 24.7 Å². The molecule has 2 saturated carbocycles. The minimum Gasteiger partial charge on any atom is -0.473 e. The average Bonchev–Trinajstić information content (AvgIpc) is 3.39. The predicted octanol–water partition coefficient (Wildman–Crippen LogP) is 3.95. The molecule has 4 fully saturated rings. The minimum atomic E-state index is 0.587. The van der Waals surface area contributed by atoms with Crippen LogP contribution in [0.25, 0.3) is 0 Å². The zero-order valence-electron chi connectivity index (χ0n) is 12.7. The first kappa shape index (κ1) is 13.8. The number of hydrogen-bond donors (Lipinski definition) is 0. The zero-order valence-corrected chi connectivity index (χ0v) is 12.7. The molecule has 2 aliphatic carbocycles. The molecule has 2 heterocycles. The van der Waals surface area contributed by atoms with Crippen LogP contribution in [0.4, 0.5) is 0 Å². The Balaban J connectivity index is 1.08. The number of epoxide rings is 2. The SMILES string of the molecule is C(=COC=CCC1CCC2OC2C1)CC1CCC2OC2C1. The van der Waals surface area contributed by atoms with E-state index in [2.05, 4.69) is 12.2 Å². The Labute approximate surface area is 127 Å². The summed E-state index contributed by atoms with van der Waals surface area (Å²) in [5.74, 6) is 1.60. The van der Waals surface area contributed by atoms with Crippen molar-refractivity contribution < 1.29 is 14.2 Å². The Morgan fingerprint density at radius 2 is 1.24 bits per heavy atom. The Kier molecular flexibility index (Phi) is 4.04. The molecule has 0 amide bonds. The molecule has 3 nitrogen and oxygen atoms in total. The fourth-order valence-corrected chi connectivity index (χ4v) is 4.05. The lowest BCUT2D eigenvalue weighted by Gasteiger charge is -2.16. The molecule has 0 aromatic heterocycles. The number of fused-ring (bicyclic) bond motifs is 2. The van der Waals surface area contributed by atoms with E-state index in [4.69, 9.17) is 14.2 Å². The average molecular weight is 290 g/mol. The van der Waals surface area contributed by atoms with Gasteiger partial charge in [0.1, 0.15) is 0 Å². The Hall–Kier alpha value is -0.800. The molecule has 116 valence electrons. The van der Waals surface area contributed by atoms with Crippen molar-refractivity contribution in [2.24, 2.45) is 11.8 Å². The largest absolute Gasteiger partial charge is 0.473 e. The Morgan fingerprint density at radius 1 is 0.714 bits per heavy atom. The van der Waals surface area contributed by atoms with Gasteiger partial charge in [0, 0.05) is 0 Å². The summed E-state index contributed by atoms with van der Waals surface area (Å²) in [6.07, 6.45) is 20.3. The summed E-state index contributed by atoms with van der Waals surface area (Å²) in [5.41, 5.74) is 0. The molecule has 4 rings (SSSR count). The molecule has 0 bridgehead atoms. The van der Waals surface area contributed by atoms with E-state index in [-0.39, 0.29) is 0 Å². The molecule has 2 aliphatic heterocycles. The lowest BCUT2D eigenvalue weighted by atomic mass is 9.87. The lowest BCUT2D eigenvalue weighted by molar-refractivity contribution is 0.355. The van der Waals surface area contributed by atoms with E-state index in [0.29, 0.717) is 24.4 Å². The first-order chi connectivity index (χ1) is 10.4. The summed E-state index contributed by atoms with van der Waals surface area (Å²) in [7, 11) is 0. The van der Waals surface area contributed by atoms with Crippen molar-refractivity contribution in [1.29, 1.82) is 0 Å². The van der Waals surface area contributed by atoms with E-state index >= 15 is 0 Å². The topological polar surface area (TPSA) is 34.3 Å². The van der Waals surface area contributed by atoms with Crippen molar-refractivity contribution in [3.63, 3.8) is 0 Å². The molecule has 0 radical (unpaired) electrons. The maximum absolute atomic E-state index is 5.56. The molecule has 0 N–H and O–H groups in total. The summed E-state index contributed by atoms with van der Waals surface area (Å²) in [4.78, 5) is 0. The molecule has 6 unspecified atom stereocenters. The van der Waals surface area contributed by atoms with Crippen LogP contribution in [0.1, 0.15) is 51.4 Å². The molecular formula is C18H26O3. The second kappa shape index (κ2) is 6.13.